The predicted octanol–water partition coefficient (Wildman–Crippen LogP) is 2.57. The van der Waals surface area contributed by atoms with Crippen molar-refractivity contribution >= 4 is 34.3 Å². The molecule has 26 nitrogen and oxygen atoms in total. The lowest BCUT2D eigenvalue weighted by Gasteiger charge is -2.47. The maximum absolute atomic E-state index is 15.2. The Morgan fingerprint density at radius 3 is 1.83 bits per heavy atom. The molecule has 8 rings (SSSR count). The van der Waals surface area contributed by atoms with Crippen molar-refractivity contribution in [2.45, 2.75) is 268 Å². The van der Waals surface area contributed by atoms with Gasteiger partial charge < -0.3 is 107 Å². The normalized spacial score (nSPS) is 38.8. The predicted molar refractivity (Wildman–Crippen MR) is 296 cm³/mol. The first-order chi connectivity index (χ1) is 40.5. The molecule has 5 heterocycles. The van der Waals surface area contributed by atoms with Crippen LogP contribution in [0.2, 0.25) is 0 Å². The van der Waals surface area contributed by atoms with Crippen molar-refractivity contribution in [3.05, 3.63) is 28.8 Å². The summed E-state index contributed by atoms with van der Waals surface area (Å²) >= 11 is 0. The van der Waals surface area contributed by atoms with Crippen molar-refractivity contribution in [1.82, 2.24) is 0 Å². The maximum Gasteiger partial charge on any atom is 0.308 e. The van der Waals surface area contributed by atoms with Gasteiger partial charge in [0.15, 0.2) is 48.9 Å². The zero-order valence-corrected chi connectivity index (χ0v) is 51.0. The summed E-state index contributed by atoms with van der Waals surface area (Å²) in [5.74, 6) is -5.58. The van der Waals surface area contributed by atoms with Gasteiger partial charge in [0.05, 0.1) is 71.8 Å². The molecule has 6 aliphatic rings. The number of phenolic OH excluding ortho intramolecular Hbond substituents is 2. The molecule has 0 aromatic heterocycles. The molecule has 0 amide bonds. The number of methoxy groups -OCH3 is 2. The van der Waals surface area contributed by atoms with Crippen molar-refractivity contribution in [2.24, 2.45) is 11.8 Å². The van der Waals surface area contributed by atoms with Crippen LogP contribution in [0.25, 0.3) is 10.8 Å². The molecular formula is C60H88O26. The van der Waals surface area contributed by atoms with Crippen LogP contribution in [-0.4, -0.2) is 225 Å². The van der Waals surface area contributed by atoms with Crippen LogP contribution >= 0.6 is 0 Å². The summed E-state index contributed by atoms with van der Waals surface area (Å²) in [5, 5.41) is 90.6. The Balaban J connectivity index is 1.03. The van der Waals surface area contributed by atoms with Crippen LogP contribution in [0.3, 0.4) is 0 Å². The third kappa shape index (κ3) is 14.5. The van der Waals surface area contributed by atoms with E-state index < -0.39 is 194 Å². The molecule has 2 aromatic rings. The van der Waals surface area contributed by atoms with Gasteiger partial charge in [-0.3, -0.25) is 19.2 Å². The molecule has 5 aliphatic heterocycles. The number of fused-ring (bicyclic) bond motifs is 2. The van der Waals surface area contributed by atoms with E-state index >= 15 is 4.79 Å². The highest BCUT2D eigenvalue weighted by Crippen LogP contribution is 2.48. The van der Waals surface area contributed by atoms with Crippen molar-refractivity contribution in [1.29, 1.82) is 0 Å². The van der Waals surface area contributed by atoms with Gasteiger partial charge in [-0.2, -0.15) is 0 Å². The molecule has 2 aromatic carbocycles. The van der Waals surface area contributed by atoms with Gasteiger partial charge >= 0.3 is 11.9 Å². The van der Waals surface area contributed by atoms with E-state index in [1.54, 1.807) is 48.5 Å². The Hall–Kier alpha value is -4.30. The van der Waals surface area contributed by atoms with Gasteiger partial charge in [0.2, 0.25) is 6.29 Å². The Kier molecular flexibility index (Phi) is 21.9. The number of ketones is 2. The molecule has 25 atom stereocenters. The number of ether oxygens (including phenoxy) is 14. The average molecular weight is 1230 g/mol. The quantitative estimate of drug-likeness (QED) is 0.0883. The first-order valence-electron chi connectivity index (χ1n) is 29.7. The number of aromatic hydroxyl groups is 2. The second kappa shape index (κ2) is 27.8. The fourth-order valence-electron chi connectivity index (χ4n) is 12.6. The molecule has 0 radical (unpaired) electrons. The van der Waals surface area contributed by atoms with Crippen LogP contribution in [0, 0.1) is 18.8 Å². The summed E-state index contributed by atoms with van der Waals surface area (Å²) in [6.07, 6.45) is -25.9. The van der Waals surface area contributed by atoms with E-state index in [0.717, 1.165) is 0 Å². The molecule has 26 heteroatoms. The lowest BCUT2D eigenvalue weighted by molar-refractivity contribution is -0.334. The summed E-state index contributed by atoms with van der Waals surface area (Å²) in [5.41, 5.74) is -1.52. The topological polar surface area (TPSA) is 359 Å². The Morgan fingerprint density at radius 1 is 0.709 bits per heavy atom. The average Bonchev–Trinajstić information content (AvgIpc) is 0.762. The lowest BCUT2D eigenvalue weighted by Crippen LogP contribution is -2.59. The second-order valence-electron chi connectivity index (χ2n) is 24.3. The number of rotatable bonds is 20. The van der Waals surface area contributed by atoms with E-state index in [-0.39, 0.29) is 78.2 Å². The van der Waals surface area contributed by atoms with Crippen LogP contribution in [0.5, 0.6) is 17.2 Å². The van der Waals surface area contributed by atoms with E-state index in [0.29, 0.717) is 0 Å². The highest BCUT2D eigenvalue weighted by Gasteiger charge is 2.53. The van der Waals surface area contributed by atoms with Gasteiger partial charge in [-0.1, -0.05) is 20.8 Å². The monoisotopic (exact) mass is 1220 g/mol. The summed E-state index contributed by atoms with van der Waals surface area (Å²) in [6.45, 7) is 17.4. The first kappa shape index (κ1) is 67.6. The Bertz CT molecular complexity index is 2690. The van der Waals surface area contributed by atoms with Gasteiger partial charge in [-0.05, 0) is 84.9 Å². The fraction of sp³-hybridized carbons (Fsp3) is 0.767. The summed E-state index contributed by atoms with van der Waals surface area (Å²) in [6, 6.07) is 3.05. The number of hydrogen-bond acceptors (Lipinski definition) is 26. The second-order valence-corrected chi connectivity index (χ2v) is 24.3. The molecule has 0 bridgehead atoms. The minimum absolute atomic E-state index is 0.0218. The molecule has 1 unspecified atom stereocenters. The van der Waals surface area contributed by atoms with Crippen LogP contribution in [0.15, 0.2) is 12.1 Å². The maximum atomic E-state index is 15.2. The minimum Gasteiger partial charge on any atom is -0.507 e. The number of aliphatic hydroxyl groups is 6. The standard InChI is InChI=1S/C60H88O26/c1-14-39(63)84-55-29(9)78-42(21-38(55)83-40-18-34(62)54(73-12)28(8)77-40)80-35-17-32-15-31-16-33(56(74-13)53(70)48(65)25(5)61)57(52(69)46(31)51(68)45(32)47(64)24(35)4)85-43-20-36(49(66)27(7)76-43)81-41-19-37(50(67)26(6)75-41)82-44-22-60(11,72)58(30(10)79-44)86-59(71)23(2)3/h15,17,23,25-30,33-34,36-38,40-44,48-50,54-58,61-62,64-68,72H,14,16,18-22H2,1-13H3/t25-,26-,27-,28-,29-,30+,33?,34-,36-,37-,38-,40-,41+,42+,43+,44+,48+,49-,50-,54+,55+,56+,57+,58+,60+/m1/s1. The number of benzene rings is 2. The van der Waals surface area contributed by atoms with Gasteiger partial charge in [0.25, 0.3) is 0 Å². The molecule has 5 saturated heterocycles. The van der Waals surface area contributed by atoms with Gasteiger partial charge in [0, 0.05) is 64.2 Å². The number of esters is 2. The fourth-order valence-corrected chi connectivity index (χ4v) is 12.6. The third-order valence-corrected chi connectivity index (χ3v) is 17.3. The highest BCUT2D eigenvalue weighted by molar-refractivity contribution is 6.11. The molecule has 484 valence electrons. The number of carbonyl (C=O) groups is 4. The minimum atomic E-state index is -1.96. The Labute approximate surface area is 499 Å². The van der Waals surface area contributed by atoms with Crippen molar-refractivity contribution in [2.75, 3.05) is 14.2 Å². The van der Waals surface area contributed by atoms with Gasteiger partial charge in [-0.25, -0.2) is 0 Å². The highest BCUT2D eigenvalue weighted by atomic mass is 16.7. The number of aliphatic hydroxyl groups excluding tert-OH is 5. The van der Waals surface area contributed by atoms with Crippen molar-refractivity contribution in [3.8, 4) is 17.2 Å². The molecule has 8 N–H and O–H groups in total. The number of hydrogen-bond donors (Lipinski definition) is 8. The molecular weight excluding hydrogens is 1140 g/mol. The third-order valence-electron chi connectivity index (χ3n) is 17.3. The van der Waals surface area contributed by atoms with E-state index in [9.17, 15) is 55.2 Å². The first-order valence-corrected chi connectivity index (χ1v) is 29.7. The van der Waals surface area contributed by atoms with Gasteiger partial charge in [0.1, 0.15) is 65.6 Å². The largest absolute Gasteiger partial charge is 0.507 e. The van der Waals surface area contributed by atoms with Crippen LogP contribution in [0.4, 0.5) is 0 Å². The number of phenols is 2. The van der Waals surface area contributed by atoms with Crippen molar-refractivity contribution < 1.29 is 126 Å². The molecule has 0 saturated carbocycles. The zero-order chi connectivity index (χ0) is 63.1. The zero-order valence-electron chi connectivity index (χ0n) is 51.0. The summed E-state index contributed by atoms with van der Waals surface area (Å²) in [7, 11) is 2.65. The lowest BCUT2D eigenvalue weighted by atomic mass is 9.75. The van der Waals surface area contributed by atoms with E-state index in [2.05, 4.69) is 0 Å². The van der Waals surface area contributed by atoms with Crippen LogP contribution < -0.4 is 4.74 Å². The van der Waals surface area contributed by atoms with Crippen LogP contribution in [-0.2, 0) is 82.4 Å². The van der Waals surface area contributed by atoms with Crippen LogP contribution in [0.1, 0.15) is 129 Å². The molecule has 86 heavy (non-hydrogen) atoms. The molecule has 5 fully saturated rings. The van der Waals surface area contributed by atoms with E-state index in [4.69, 9.17) is 66.3 Å². The summed E-state index contributed by atoms with van der Waals surface area (Å²) < 4.78 is 85.0. The van der Waals surface area contributed by atoms with Crippen molar-refractivity contribution in [3.63, 3.8) is 0 Å². The van der Waals surface area contributed by atoms with E-state index in [1.807, 2.05) is 0 Å². The number of carbonyl (C=O) groups excluding carboxylic acids is 4. The summed E-state index contributed by atoms with van der Waals surface area (Å²) in [4.78, 5) is 54.3. The Morgan fingerprint density at radius 2 is 1.26 bits per heavy atom. The SMILES string of the molecule is CCC(=O)O[C@H]1[C@@H](C)O[C@@H](Oc2cc3cc4c(c(O)c3c(O)c2C)C(=O)[C@@H](O[C@H]2C[C@@H](O[C@H]3C[C@@H](O[C@H]5C[C@](C)(O)[C@@H](OC(=O)C(C)C)[C@H](C)O5)[C@H](O)[C@@H](C)O3)[C@H](O)[C@@H](C)O2)C([C@H](OC)C(=O)[C@@H](O)[C@@H](C)O)C4)C[C@H]1O[C@@H]1C[C@@H](O)[C@@H](OC)[C@@H](C)O1. The molecule has 1 aliphatic carbocycles. The van der Waals surface area contributed by atoms with E-state index in [1.165, 1.54) is 54.0 Å². The van der Waals surface area contributed by atoms with Gasteiger partial charge in [-0.15, -0.1) is 0 Å². The molecule has 0 spiro atoms. The number of Topliss-reactive ketones (excluding diaryl/α,β-unsaturated/α-hetero) is 2. The smallest absolute Gasteiger partial charge is 0.308 e.